The molecule has 1 aromatic carbocycles. The number of H-pyrrole nitrogens is 1. The smallest absolute Gasteiger partial charge is 0.409 e. The first-order chi connectivity index (χ1) is 10.3. The highest BCUT2D eigenvalue weighted by Crippen LogP contribution is 2.23. The molecule has 1 amide bonds. The number of hydrogen-bond acceptors (Lipinski definition) is 5. The van der Waals surface area contributed by atoms with Crippen molar-refractivity contribution in [3.05, 3.63) is 18.2 Å². The van der Waals surface area contributed by atoms with E-state index < -0.39 is 0 Å². The van der Waals surface area contributed by atoms with Gasteiger partial charge >= 0.3 is 6.09 Å². The maximum absolute atomic E-state index is 11.3. The summed E-state index contributed by atoms with van der Waals surface area (Å²) >= 11 is 1.60. The maximum Gasteiger partial charge on any atom is 0.409 e. The van der Waals surface area contributed by atoms with Gasteiger partial charge in [0.15, 0.2) is 5.16 Å². The van der Waals surface area contributed by atoms with Crippen molar-refractivity contribution in [3.8, 4) is 5.75 Å². The fraction of sp³-hybridized carbons (Fsp3) is 0.429. The molecule has 21 heavy (non-hydrogen) atoms. The number of aromatic nitrogens is 2. The van der Waals surface area contributed by atoms with Gasteiger partial charge in [0.25, 0.3) is 0 Å². The lowest BCUT2D eigenvalue weighted by atomic mass is 10.3. The van der Waals surface area contributed by atoms with Gasteiger partial charge in [-0.3, -0.25) is 0 Å². The number of hydrogen-bond donors (Lipinski definition) is 1. The number of nitrogens with one attached hydrogen (secondary N) is 1. The number of carbonyl (C=O) groups is 1. The number of benzene rings is 1. The lowest BCUT2D eigenvalue weighted by Crippen LogP contribution is -2.26. The molecule has 0 bridgehead atoms. The van der Waals surface area contributed by atoms with Crippen molar-refractivity contribution in [2.75, 3.05) is 32.1 Å². The zero-order chi connectivity index (χ0) is 14.7. The summed E-state index contributed by atoms with van der Waals surface area (Å²) in [7, 11) is 0. The summed E-state index contributed by atoms with van der Waals surface area (Å²) in [5, 5.41) is 0.853. The molecule has 1 aromatic heterocycles. The number of nitrogens with zero attached hydrogens (tertiary/aromatic N) is 2. The summed E-state index contributed by atoms with van der Waals surface area (Å²) in [6, 6.07) is 5.81. The van der Waals surface area contributed by atoms with E-state index >= 15 is 0 Å². The predicted octanol–water partition coefficient (Wildman–Crippen LogP) is 2.51. The van der Waals surface area contributed by atoms with Crippen LogP contribution in [0, 0.1) is 0 Å². The SMILES string of the molecule is CCOc1ccc2nc(SCCN3CCOC3=O)[nH]c2c1. The van der Waals surface area contributed by atoms with E-state index in [1.807, 2.05) is 25.1 Å². The van der Waals surface area contributed by atoms with E-state index in [0.717, 1.165) is 27.7 Å². The quantitative estimate of drug-likeness (QED) is 0.831. The van der Waals surface area contributed by atoms with Gasteiger partial charge in [-0.05, 0) is 19.1 Å². The summed E-state index contributed by atoms with van der Waals surface area (Å²) < 4.78 is 10.4. The largest absolute Gasteiger partial charge is 0.494 e. The Labute approximate surface area is 126 Å². The van der Waals surface area contributed by atoms with Crippen LogP contribution in [-0.4, -0.2) is 53.0 Å². The van der Waals surface area contributed by atoms with Crippen LogP contribution in [0.5, 0.6) is 5.75 Å². The first kappa shape index (κ1) is 14.1. The van der Waals surface area contributed by atoms with E-state index in [1.54, 1.807) is 16.7 Å². The highest BCUT2D eigenvalue weighted by molar-refractivity contribution is 7.99. The molecule has 0 saturated carbocycles. The summed E-state index contributed by atoms with van der Waals surface area (Å²) in [5.41, 5.74) is 1.88. The molecule has 112 valence electrons. The van der Waals surface area contributed by atoms with E-state index in [9.17, 15) is 4.79 Å². The number of ether oxygens (including phenoxy) is 2. The number of thioether (sulfide) groups is 1. The Kier molecular flexibility index (Phi) is 4.19. The van der Waals surface area contributed by atoms with Crippen molar-refractivity contribution in [3.63, 3.8) is 0 Å². The van der Waals surface area contributed by atoms with E-state index in [2.05, 4.69) is 9.97 Å². The first-order valence-electron chi connectivity index (χ1n) is 6.93. The van der Waals surface area contributed by atoms with Gasteiger partial charge in [0.05, 0.1) is 24.2 Å². The molecule has 7 heteroatoms. The van der Waals surface area contributed by atoms with Crippen LogP contribution in [0.25, 0.3) is 11.0 Å². The molecule has 0 aliphatic carbocycles. The average Bonchev–Trinajstić information content (AvgIpc) is 3.05. The van der Waals surface area contributed by atoms with Gasteiger partial charge in [-0.25, -0.2) is 9.78 Å². The topological polar surface area (TPSA) is 67.5 Å². The van der Waals surface area contributed by atoms with Crippen molar-refractivity contribution in [1.82, 2.24) is 14.9 Å². The van der Waals surface area contributed by atoms with Crippen LogP contribution < -0.4 is 4.74 Å². The Morgan fingerprint density at radius 2 is 2.43 bits per heavy atom. The lowest BCUT2D eigenvalue weighted by molar-refractivity contribution is 0.160. The molecule has 1 aliphatic heterocycles. The Morgan fingerprint density at radius 3 is 3.19 bits per heavy atom. The monoisotopic (exact) mass is 307 g/mol. The van der Waals surface area contributed by atoms with Crippen LogP contribution >= 0.6 is 11.8 Å². The van der Waals surface area contributed by atoms with E-state index in [1.165, 1.54) is 0 Å². The van der Waals surface area contributed by atoms with Gasteiger partial charge in [-0.15, -0.1) is 0 Å². The van der Waals surface area contributed by atoms with Crippen LogP contribution in [0.15, 0.2) is 23.4 Å². The Bertz CT molecular complexity index is 643. The van der Waals surface area contributed by atoms with Gasteiger partial charge in [-0.1, -0.05) is 11.8 Å². The molecule has 0 atom stereocenters. The number of imidazole rings is 1. The zero-order valence-electron chi connectivity index (χ0n) is 11.8. The maximum atomic E-state index is 11.3. The molecule has 0 unspecified atom stereocenters. The molecule has 1 fully saturated rings. The number of carbonyl (C=O) groups excluding carboxylic acids is 1. The number of rotatable bonds is 6. The molecule has 1 aliphatic rings. The number of fused-ring (bicyclic) bond motifs is 1. The Balaban J connectivity index is 1.60. The highest BCUT2D eigenvalue weighted by atomic mass is 32.2. The molecule has 2 heterocycles. The molecule has 3 rings (SSSR count). The van der Waals surface area contributed by atoms with E-state index in [0.29, 0.717) is 26.3 Å². The Morgan fingerprint density at radius 1 is 1.52 bits per heavy atom. The first-order valence-corrected chi connectivity index (χ1v) is 7.92. The number of cyclic esters (lactones) is 1. The minimum Gasteiger partial charge on any atom is -0.494 e. The second-order valence-corrected chi connectivity index (χ2v) is 5.69. The molecule has 2 aromatic rings. The van der Waals surface area contributed by atoms with Crippen LogP contribution in [0.3, 0.4) is 0 Å². The summed E-state index contributed by atoms with van der Waals surface area (Å²) in [6.07, 6.45) is -0.221. The van der Waals surface area contributed by atoms with Crippen molar-refractivity contribution in [1.29, 1.82) is 0 Å². The third-order valence-corrected chi connectivity index (χ3v) is 4.04. The van der Waals surface area contributed by atoms with Gasteiger partial charge in [0.1, 0.15) is 12.4 Å². The second-order valence-electron chi connectivity index (χ2n) is 4.60. The normalized spacial score (nSPS) is 14.7. The molecule has 1 saturated heterocycles. The molecular formula is C14H17N3O3S. The van der Waals surface area contributed by atoms with Crippen molar-refractivity contribution >= 4 is 28.9 Å². The second kappa shape index (κ2) is 6.26. The van der Waals surface area contributed by atoms with Crippen LogP contribution in [-0.2, 0) is 4.74 Å². The Hall–Kier alpha value is -1.89. The van der Waals surface area contributed by atoms with Crippen LogP contribution in [0.1, 0.15) is 6.92 Å². The van der Waals surface area contributed by atoms with Crippen molar-refractivity contribution < 1.29 is 14.3 Å². The molecule has 0 radical (unpaired) electrons. The van der Waals surface area contributed by atoms with Crippen molar-refractivity contribution in [2.24, 2.45) is 0 Å². The molecule has 6 nitrogen and oxygen atoms in total. The fourth-order valence-corrected chi connectivity index (χ4v) is 3.02. The third-order valence-electron chi connectivity index (χ3n) is 3.19. The summed E-state index contributed by atoms with van der Waals surface area (Å²) in [6.45, 7) is 4.45. The van der Waals surface area contributed by atoms with E-state index in [4.69, 9.17) is 9.47 Å². The lowest BCUT2D eigenvalue weighted by Gasteiger charge is -2.10. The number of aromatic amines is 1. The van der Waals surface area contributed by atoms with Crippen LogP contribution in [0.4, 0.5) is 4.79 Å². The fourth-order valence-electron chi connectivity index (χ4n) is 2.17. The minimum atomic E-state index is -0.221. The average molecular weight is 307 g/mol. The molecular weight excluding hydrogens is 290 g/mol. The minimum absolute atomic E-state index is 0.221. The predicted molar refractivity (Wildman–Crippen MR) is 80.9 cm³/mol. The van der Waals surface area contributed by atoms with Gasteiger partial charge in [-0.2, -0.15) is 0 Å². The third kappa shape index (κ3) is 3.24. The van der Waals surface area contributed by atoms with Gasteiger partial charge < -0.3 is 19.4 Å². The molecule has 0 spiro atoms. The summed E-state index contributed by atoms with van der Waals surface area (Å²) in [5.74, 6) is 1.62. The number of amides is 1. The standard InChI is InChI=1S/C14H17N3O3S/c1-2-19-10-3-4-11-12(9-10)16-13(15-11)21-8-6-17-5-7-20-14(17)18/h3-4,9H,2,5-8H2,1H3,(H,15,16). The van der Waals surface area contributed by atoms with Gasteiger partial charge in [0, 0.05) is 18.4 Å². The highest BCUT2D eigenvalue weighted by Gasteiger charge is 2.21. The van der Waals surface area contributed by atoms with Crippen molar-refractivity contribution in [2.45, 2.75) is 12.1 Å². The summed E-state index contributed by atoms with van der Waals surface area (Å²) in [4.78, 5) is 20.8. The van der Waals surface area contributed by atoms with Crippen LogP contribution in [0.2, 0.25) is 0 Å². The van der Waals surface area contributed by atoms with Gasteiger partial charge in [0.2, 0.25) is 0 Å². The van der Waals surface area contributed by atoms with E-state index in [-0.39, 0.29) is 6.09 Å². The zero-order valence-corrected chi connectivity index (χ0v) is 12.6. The molecule has 1 N–H and O–H groups in total.